The van der Waals surface area contributed by atoms with Crippen LogP contribution in [0.4, 0.5) is 10.5 Å². The molecule has 7 nitrogen and oxygen atoms in total. The Morgan fingerprint density at radius 1 is 1.21 bits per heavy atom. The number of pyridine rings is 1. The number of amides is 4. The maximum atomic E-state index is 12.6. The summed E-state index contributed by atoms with van der Waals surface area (Å²) in [7, 11) is 0. The number of anilines is 1. The van der Waals surface area contributed by atoms with Crippen LogP contribution in [0, 0.1) is 3.57 Å². The first-order valence-electron chi connectivity index (χ1n) is 6.77. The maximum absolute atomic E-state index is 12.6. The van der Waals surface area contributed by atoms with Crippen LogP contribution in [0.2, 0.25) is 0 Å². The number of hydrogen-bond acceptors (Lipinski definition) is 5. The second-order valence-corrected chi connectivity index (χ2v) is 6.04. The minimum Gasteiger partial charge on any atom is -0.507 e. The van der Waals surface area contributed by atoms with Crippen molar-refractivity contribution in [2.45, 2.75) is 0 Å². The van der Waals surface area contributed by atoms with Crippen LogP contribution in [0.1, 0.15) is 5.56 Å². The fraction of sp³-hybridized carbons (Fsp3) is 0. The van der Waals surface area contributed by atoms with E-state index in [1.807, 2.05) is 22.6 Å². The van der Waals surface area contributed by atoms with E-state index in [4.69, 9.17) is 0 Å². The fourth-order valence-corrected chi connectivity index (χ4v) is 2.70. The van der Waals surface area contributed by atoms with Crippen molar-refractivity contribution in [3.63, 3.8) is 0 Å². The van der Waals surface area contributed by atoms with Gasteiger partial charge >= 0.3 is 6.03 Å². The highest BCUT2D eigenvalue weighted by atomic mass is 127. The lowest BCUT2D eigenvalue weighted by Gasteiger charge is -2.26. The molecule has 0 aliphatic carbocycles. The van der Waals surface area contributed by atoms with Gasteiger partial charge in [-0.2, -0.15) is 0 Å². The van der Waals surface area contributed by atoms with Crippen LogP contribution in [0.5, 0.6) is 5.75 Å². The number of hydrogen-bond donors (Lipinski definition) is 2. The number of rotatable bonds is 2. The van der Waals surface area contributed by atoms with Gasteiger partial charge < -0.3 is 5.11 Å². The number of nitrogens with zero attached hydrogens (tertiary/aromatic N) is 2. The van der Waals surface area contributed by atoms with Gasteiger partial charge in [-0.1, -0.05) is 6.07 Å². The SMILES string of the molecule is O=C1NC(=O)N(c2cccnc2)C(=O)/C1=C/c1ccc(O)c(I)c1. The number of benzene rings is 1. The summed E-state index contributed by atoms with van der Waals surface area (Å²) in [5.74, 6) is -1.41. The van der Waals surface area contributed by atoms with Gasteiger partial charge in [0, 0.05) is 6.20 Å². The van der Waals surface area contributed by atoms with Gasteiger partial charge in [0.2, 0.25) is 0 Å². The van der Waals surface area contributed by atoms with Crippen molar-refractivity contribution in [3.05, 3.63) is 57.4 Å². The van der Waals surface area contributed by atoms with Crippen LogP contribution >= 0.6 is 22.6 Å². The summed E-state index contributed by atoms with van der Waals surface area (Å²) in [6, 6.07) is 6.95. The molecule has 8 heteroatoms. The van der Waals surface area contributed by atoms with Crippen LogP contribution in [0.25, 0.3) is 6.08 Å². The Bertz CT molecular complexity index is 880. The molecule has 1 saturated heterocycles. The predicted octanol–water partition coefficient (Wildman–Crippen LogP) is 2.06. The molecular formula is C16H10IN3O4. The number of imide groups is 2. The zero-order valence-corrected chi connectivity index (χ0v) is 14.2. The summed E-state index contributed by atoms with van der Waals surface area (Å²) in [4.78, 5) is 41.4. The molecule has 0 atom stereocenters. The number of phenolic OH excluding ortho intramolecular Hbond substituents is 1. The van der Waals surface area contributed by atoms with Crippen molar-refractivity contribution in [1.82, 2.24) is 10.3 Å². The summed E-state index contributed by atoms with van der Waals surface area (Å²) in [5.41, 5.74) is 0.634. The Kier molecular flexibility index (Phi) is 4.30. The summed E-state index contributed by atoms with van der Waals surface area (Å²) >= 11 is 1.93. The highest BCUT2D eigenvalue weighted by Gasteiger charge is 2.36. The van der Waals surface area contributed by atoms with E-state index in [1.165, 1.54) is 24.5 Å². The average molecular weight is 435 g/mol. The van der Waals surface area contributed by atoms with Crippen molar-refractivity contribution >= 4 is 52.2 Å². The van der Waals surface area contributed by atoms with Crippen LogP contribution in [0.15, 0.2) is 48.3 Å². The molecule has 120 valence electrons. The standard InChI is InChI=1S/C16H10IN3O4/c17-12-7-9(3-4-13(12)21)6-11-14(22)19-16(24)20(15(11)23)10-2-1-5-18-8-10/h1-8,21H,(H,19,22,24)/b11-6+. The monoisotopic (exact) mass is 435 g/mol. The van der Waals surface area contributed by atoms with E-state index in [0.717, 1.165) is 4.90 Å². The molecular weight excluding hydrogens is 425 g/mol. The van der Waals surface area contributed by atoms with Gasteiger partial charge in [-0.05, 0) is 58.5 Å². The van der Waals surface area contributed by atoms with Crippen LogP contribution < -0.4 is 10.2 Å². The third kappa shape index (κ3) is 3.00. The first-order valence-corrected chi connectivity index (χ1v) is 7.85. The molecule has 1 aromatic carbocycles. The van der Waals surface area contributed by atoms with Gasteiger partial charge in [0.25, 0.3) is 11.8 Å². The molecule has 2 heterocycles. The number of carbonyl (C=O) groups excluding carboxylic acids is 3. The zero-order chi connectivity index (χ0) is 17.3. The normalized spacial score (nSPS) is 16.5. The molecule has 3 rings (SSSR count). The number of halogens is 1. The van der Waals surface area contributed by atoms with E-state index in [9.17, 15) is 19.5 Å². The third-order valence-electron chi connectivity index (χ3n) is 3.29. The van der Waals surface area contributed by atoms with Gasteiger partial charge in [-0.3, -0.25) is 19.9 Å². The molecule has 0 radical (unpaired) electrons. The molecule has 24 heavy (non-hydrogen) atoms. The van der Waals surface area contributed by atoms with E-state index in [0.29, 0.717) is 9.13 Å². The smallest absolute Gasteiger partial charge is 0.336 e. The first-order chi connectivity index (χ1) is 11.5. The number of urea groups is 1. The van der Waals surface area contributed by atoms with E-state index in [1.54, 1.807) is 24.3 Å². The second-order valence-electron chi connectivity index (χ2n) is 4.88. The lowest BCUT2D eigenvalue weighted by atomic mass is 10.1. The molecule has 2 N–H and O–H groups in total. The Hall–Kier alpha value is -2.75. The van der Waals surface area contributed by atoms with Gasteiger partial charge in [0.15, 0.2) is 0 Å². The number of barbiturate groups is 1. The number of aromatic nitrogens is 1. The largest absolute Gasteiger partial charge is 0.507 e. The van der Waals surface area contributed by atoms with E-state index in [2.05, 4.69) is 10.3 Å². The first kappa shape index (κ1) is 16.1. The lowest BCUT2D eigenvalue weighted by Crippen LogP contribution is -2.54. The molecule has 2 aromatic rings. The van der Waals surface area contributed by atoms with E-state index in [-0.39, 0.29) is 17.0 Å². The van der Waals surface area contributed by atoms with Gasteiger partial charge in [0.05, 0.1) is 15.5 Å². The van der Waals surface area contributed by atoms with Crippen molar-refractivity contribution in [1.29, 1.82) is 0 Å². The van der Waals surface area contributed by atoms with Gasteiger partial charge in [0.1, 0.15) is 11.3 Å². The molecule has 1 fully saturated rings. The van der Waals surface area contributed by atoms with Gasteiger partial charge in [-0.15, -0.1) is 0 Å². The molecule has 4 amide bonds. The highest BCUT2D eigenvalue weighted by molar-refractivity contribution is 14.1. The number of phenols is 1. The highest BCUT2D eigenvalue weighted by Crippen LogP contribution is 2.24. The number of carbonyl (C=O) groups is 3. The molecule has 0 bridgehead atoms. The van der Waals surface area contributed by atoms with Crippen LogP contribution in [0.3, 0.4) is 0 Å². The average Bonchev–Trinajstić information content (AvgIpc) is 2.55. The third-order valence-corrected chi connectivity index (χ3v) is 4.15. The van der Waals surface area contributed by atoms with Crippen LogP contribution in [-0.4, -0.2) is 27.9 Å². The van der Waals surface area contributed by atoms with Crippen molar-refractivity contribution in [2.75, 3.05) is 4.90 Å². The fourth-order valence-electron chi connectivity index (χ4n) is 2.16. The minimum absolute atomic E-state index is 0.101. The summed E-state index contributed by atoms with van der Waals surface area (Å²) in [5, 5.41) is 11.7. The Labute approximate surface area is 150 Å². The molecule has 0 saturated carbocycles. The van der Waals surface area contributed by atoms with Crippen molar-refractivity contribution in [2.24, 2.45) is 0 Å². The Balaban J connectivity index is 2.02. The molecule has 1 aliphatic heterocycles. The number of nitrogens with one attached hydrogen (secondary N) is 1. The van der Waals surface area contributed by atoms with Crippen molar-refractivity contribution in [3.8, 4) is 5.75 Å². The second kappa shape index (κ2) is 6.40. The lowest BCUT2D eigenvalue weighted by molar-refractivity contribution is -0.122. The number of aromatic hydroxyl groups is 1. The topological polar surface area (TPSA) is 99.6 Å². The van der Waals surface area contributed by atoms with E-state index >= 15 is 0 Å². The Morgan fingerprint density at radius 2 is 2.00 bits per heavy atom. The Morgan fingerprint density at radius 3 is 2.67 bits per heavy atom. The summed E-state index contributed by atoms with van der Waals surface area (Å²) in [6.07, 6.45) is 4.24. The summed E-state index contributed by atoms with van der Waals surface area (Å²) < 4.78 is 0.575. The van der Waals surface area contributed by atoms with Crippen LogP contribution in [-0.2, 0) is 9.59 Å². The maximum Gasteiger partial charge on any atom is 0.336 e. The molecule has 0 spiro atoms. The van der Waals surface area contributed by atoms with Gasteiger partial charge in [-0.25, -0.2) is 9.69 Å². The molecule has 1 aliphatic rings. The predicted molar refractivity (Wildman–Crippen MR) is 94.1 cm³/mol. The quantitative estimate of drug-likeness (QED) is 0.428. The van der Waals surface area contributed by atoms with E-state index < -0.39 is 17.8 Å². The molecule has 1 aromatic heterocycles. The summed E-state index contributed by atoms with van der Waals surface area (Å²) in [6.45, 7) is 0. The minimum atomic E-state index is -0.824. The zero-order valence-electron chi connectivity index (χ0n) is 12.1. The molecule has 0 unspecified atom stereocenters. The van der Waals surface area contributed by atoms with Crippen molar-refractivity contribution < 1.29 is 19.5 Å².